The van der Waals surface area contributed by atoms with E-state index in [9.17, 15) is 0 Å². The summed E-state index contributed by atoms with van der Waals surface area (Å²) in [4.78, 5) is 5.05. The van der Waals surface area contributed by atoms with E-state index in [1.165, 1.54) is 82.7 Å². The number of rotatable bonds is 8. The monoisotopic (exact) mass is 844 g/mol. The molecule has 9 aromatic rings. The second-order valence-corrected chi connectivity index (χ2v) is 29.4. The molecule has 0 fully saturated rings. The maximum atomic E-state index is 2.54. The van der Waals surface area contributed by atoms with Crippen LogP contribution in [0, 0.1) is 0 Å². The molecule has 0 bridgehead atoms. The number of hydrogen-bond acceptors (Lipinski definition) is 2. The van der Waals surface area contributed by atoms with Crippen LogP contribution in [0.15, 0.2) is 206 Å². The summed E-state index contributed by atoms with van der Waals surface area (Å²) >= 11 is 0. The Labute approximate surface area is 374 Å². The molecule has 0 amide bonds. The van der Waals surface area contributed by atoms with E-state index in [1.807, 2.05) is 0 Å². The van der Waals surface area contributed by atoms with Crippen LogP contribution in [-0.2, 0) is 5.41 Å². The lowest BCUT2D eigenvalue weighted by molar-refractivity contribution is 0.773. The summed E-state index contributed by atoms with van der Waals surface area (Å²) in [7, 11) is -3.53. The molecule has 1 spiro atoms. The quantitative estimate of drug-likeness (QED) is 0.141. The summed E-state index contributed by atoms with van der Waals surface area (Å²) in [6.07, 6.45) is 0. The maximum absolute atomic E-state index is 2.54. The predicted octanol–water partition coefficient (Wildman–Crippen LogP) is 15.2. The number of anilines is 6. The Bertz CT molecular complexity index is 3170. The standard InChI is InChI=1S/C59H52N2Si2/c1-62(2,3)56-34-19-17-32-54(56)60(41-22-9-7-10-23-41)43-36-37-46-47-38-39-53(61(42-24-11-8-12-25-42)55-33-18-20-35-57(55)63(4,5)6)48-28-21-31-51(58(47)48)59(52(46)40-43)49-29-15-13-26-44(49)45-27-14-16-30-50(45)59/h7-40H,1-6H3. The minimum atomic E-state index is -1.77. The first-order valence-electron chi connectivity index (χ1n) is 22.4. The van der Waals surface area contributed by atoms with Gasteiger partial charge >= 0.3 is 0 Å². The van der Waals surface area contributed by atoms with Gasteiger partial charge in [-0.2, -0.15) is 0 Å². The summed E-state index contributed by atoms with van der Waals surface area (Å²) in [5.74, 6) is 0. The second-order valence-electron chi connectivity index (χ2n) is 19.3. The number of benzene rings is 9. The van der Waals surface area contributed by atoms with Gasteiger partial charge in [0, 0.05) is 33.8 Å². The van der Waals surface area contributed by atoms with Crippen LogP contribution in [0.3, 0.4) is 0 Å². The molecule has 11 rings (SSSR count). The molecule has 2 aliphatic rings. The first-order chi connectivity index (χ1) is 30.6. The molecule has 0 N–H and O–H groups in total. The zero-order valence-electron chi connectivity index (χ0n) is 37.0. The highest BCUT2D eigenvalue weighted by Crippen LogP contribution is 2.63. The number of fused-ring (bicyclic) bond motifs is 9. The molecule has 0 aliphatic heterocycles. The molecule has 0 saturated carbocycles. The number of para-hydroxylation sites is 4. The third kappa shape index (κ3) is 6.03. The lowest BCUT2D eigenvalue weighted by Crippen LogP contribution is -2.40. The molecule has 0 aromatic heterocycles. The van der Waals surface area contributed by atoms with Gasteiger partial charge in [-0.15, -0.1) is 0 Å². The fraction of sp³-hybridized carbons (Fsp3) is 0.119. The molecule has 4 heteroatoms. The Hall–Kier alpha value is -6.73. The van der Waals surface area contributed by atoms with Gasteiger partial charge in [0.25, 0.3) is 0 Å². The predicted molar refractivity (Wildman–Crippen MR) is 276 cm³/mol. The van der Waals surface area contributed by atoms with Gasteiger partial charge in [-0.25, -0.2) is 0 Å². The minimum Gasteiger partial charge on any atom is -0.311 e. The molecule has 0 atom stereocenters. The van der Waals surface area contributed by atoms with E-state index >= 15 is 0 Å². The maximum Gasteiger partial charge on any atom is 0.0803 e. The fourth-order valence-electron chi connectivity index (χ4n) is 10.9. The molecular weight excluding hydrogens is 793 g/mol. The summed E-state index contributed by atoms with van der Waals surface area (Å²) < 4.78 is 0. The van der Waals surface area contributed by atoms with Crippen LogP contribution in [0.1, 0.15) is 22.3 Å². The zero-order chi connectivity index (χ0) is 43.1. The second kappa shape index (κ2) is 14.7. The van der Waals surface area contributed by atoms with Gasteiger partial charge in [-0.1, -0.05) is 191 Å². The van der Waals surface area contributed by atoms with Crippen LogP contribution < -0.4 is 20.2 Å². The first-order valence-corrected chi connectivity index (χ1v) is 29.4. The van der Waals surface area contributed by atoms with Crippen molar-refractivity contribution >= 4 is 71.4 Å². The normalized spacial score (nSPS) is 13.4. The molecule has 9 aromatic carbocycles. The van der Waals surface area contributed by atoms with Crippen molar-refractivity contribution in [1.82, 2.24) is 0 Å². The summed E-state index contributed by atoms with van der Waals surface area (Å²) in [5, 5.41) is 5.46. The highest BCUT2D eigenvalue weighted by molar-refractivity contribution is 6.90. The Balaban J connectivity index is 1.25. The van der Waals surface area contributed by atoms with Crippen molar-refractivity contribution in [2.75, 3.05) is 9.80 Å². The Morgan fingerprint density at radius 1 is 0.317 bits per heavy atom. The smallest absolute Gasteiger partial charge is 0.0803 e. The topological polar surface area (TPSA) is 6.48 Å². The van der Waals surface area contributed by atoms with Crippen molar-refractivity contribution in [2.45, 2.75) is 44.7 Å². The Morgan fingerprint density at radius 2 is 0.778 bits per heavy atom. The van der Waals surface area contributed by atoms with Gasteiger partial charge in [0.1, 0.15) is 0 Å². The van der Waals surface area contributed by atoms with Crippen LogP contribution >= 0.6 is 0 Å². The number of nitrogens with zero attached hydrogens (tertiary/aromatic N) is 2. The van der Waals surface area contributed by atoms with Crippen molar-refractivity contribution in [2.24, 2.45) is 0 Å². The third-order valence-corrected chi connectivity index (χ3v) is 17.6. The average Bonchev–Trinajstić information content (AvgIpc) is 3.60. The van der Waals surface area contributed by atoms with Crippen molar-refractivity contribution in [3.63, 3.8) is 0 Å². The van der Waals surface area contributed by atoms with E-state index in [0.717, 1.165) is 17.1 Å². The van der Waals surface area contributed by atoms with Gasteiger partial charge < -0.3 is 9.80 Å². The van der Waals surface area contributed by atoms with E-state index in [4.69, 9.17) is 0 Å². The van der Waals surface area contributed by atoms with Gasteiger partial charge in [0.2, 0.25) is 0 Å². The molecule has 63 heavy (non-hydrogen) atoms. The molecule has 0 unspecified atom stereocenters. The highest BCUT2D eigenvalue weighted by Gasteiger charge is 2.50. The van der Waals surface area contributed by atoms with Crippen LogP contribution in [0.4, 0.5) is 34.1 Å². The Morgan fingerprint density at radius 3 is 1.37 bits per heavy atom. The van der Waals surface area contributed by atoms with Crippen molar-refractivity contribution in [1.29, 1.82) is 0 Å². The largest absolute Gasteiger partial charge is 0.311 e. The Kier molecular flexibility index (Phi) is 9.13. The molecule has 2 aliphatic carbocycles. The van der Waals surface area contributed by atoms with Gasteiger partial charge in [0.15, 0.2) is 0 Å². The third-order valence-electron chi connectivity index (χ3n) is 13.5. The van der Waals surface area contributed by atoms with Crippen LogP contribution in [0.5, 0.6) is 0 Å². The molecule has 0 radical (unpaired) electrons. The van der Waals surface area contributed by atoms with Crippen molar-refractivity contribution in [3.05, 3.63) is 229 Å². The summed E-state index contributed by atoms with van der Waals surface area (Å²) in [6.45, 7) is 14.7. The molecular formula is C59H52N2Si2. The minimum absolute atomic E-state index is 0.571. The molecule has 0 saturated heterocycles. The van der Waals surface area contributed by atoms with Crippen molar-refractivity contribution in [3.8, 4) is 22.3 Å². The van der Waals surface area contributed by atoms with E-state index in [1.54, 1.807) is 0 Å². The van der Waals surface area contributed by atoms with Crippen LogP contribution in [-0.4, -0.2) is 16.1 Å². The molecule has 0 heterocycles. The van der Waals surface area contributed by atoms with E-state index in [-0.39, 0.29) is 0 Å². The zero-order valence-corrected chi connectivity index (χ0v) is 39.0. The van der Waals surface area contributed by atoms with Crippen LogP contribution in [0.2, 0.25) is 39.3 Å². The van der Waals surface area contributed by atoms with E-state index in [2.05, 4.69) is 255 Å². The summed E-state index contributed by atoms with van der Waals surface area (Å²) in [5.41, 5.74) is 17.1. The van der Waals surface area contributed by atoms with Gasteiger partial charge in [0.05, 0.1) is 27.3 Å². The van der Waals surface area contributed by atoms with E-state index in [0.29, 0.717) is 0 Å². The lowest BCUT2D eigenvalue weighted by Gasteiger charge is -2.41. The van der Waals surface area contributed by atoms with Gasteiger partial charge in [-0.05, 0) is 115 Å². The molecule has 306 valence electrons. The number of hydrogen-bond donors (Lipinski definition) is 0. The fourth-order valence-corrected chi connectivity index (χ4v) is 14.0. The van der Waals surface area contributed by atoms with Crippen LogP contribution in [0.25, 0.3) is 33.0 Å². The van der Waals surface area contributed by atoms with Crippen molar-refractivity contribution < 1.29 is 0 Å². The lowest BCUT2D eigenvalue weighted by atomic mass is 9.61. The SMILES string of the molecule is C[Si](C)(C)c1ccccc1N(c1ccccc1)c1ccc2c(c1)C1(c3ccccc3-c3ccccc31)c1cccc3c(N(c4ccccc4)c4ccccc4[Si](C)(C)C)ccc-2c13. The first kappa shape index (κ1) is 39.1. The highest BCUT2D eigenvalue weighted by atomic mass is 28.3. The van der Waals surface area contributed by atoms with Gasteiger partial charge in [-0.3, -0.25) is 0 Å². The average molecular weight is 845 g/mol. The van der Waals surface area contributed by atoms with E-state index < -0.39 is 21.6 Å². The summed E-state index contributed by atoms with van der Waals surface area (Å²) in [6, 6.07) is 77.8. The molecule has 2 nitrogen and oxygen atoms in total.